The number of benzene rings is 2. The number of halogens is 2. The van der Waals surface area contributed by atoms with Crippen molar-refractivity contribution in [2.75, 3.05) is 17.8 Å². The van der Waals surface area contributed by atoms with Crippen LogP contribution in [0, 0.1) is 0 Å². The van der Waals surface area contributed by atoms with Crippen molar-refractivity contribution in [2.24, 2.45) is 0 Å². The van der Waals surface area contributed by atoms with Gasteiger partial charge in [-0.3, -0.25) is 4.79 Å². The minimum absolute atomic E-state index is 0.147. The highest BCUT2D eigenvalue weighted by Gasteiger charge is 2.18. The van der Waals surface area contributed by atoms with Gasteiger partial charge in [0.25, 0.3) is 5.91 Å². The molecule has 0 saturated carbocycles. The van der Waals surface area contributed by atoms with E-state index < -0.39 is 0 Å². The molecule has 0 fully saturated rings. The summed E-state index contributed by atoms with van der Waals surface area (Å²) < 4.78 is 11.2. The molecule has 7 heteroatoms. The van der Waals surface area contributed by atoms with Gasteiger partial charge in [-0.25, -0.2) is 0 Å². The van der Waals surface area contributed by atoms with Crippen molar-refractivity contribution in [2.45, 2.75) is 0 Å². The Morgan fingerprint density at radius 1 is 1.24 bits per heavy atom. The molecule has 0 radical (unpaired) electrons. The van der Waals surface area contributed by atoms with E-state index in [0.717, 1.165) is 4.47 Å². The Labute approximate surface area is 134 Å². The number of anilines is 2. The van der Waals surface area contributed by atoms with Crippen LogP contribution in [0.2, 0.25) is 5.02 Å². The van der Waals surface area contributed by atoms with Crippen LogP contribution in [-0.2, 0) is 0 Å². The molecule has 0 aromatic heterocycles. The van der Waals surface area contributed by atoms with E-state index in [2.05, 4.69) is 21.2 Å². The largest absolute Gasteiger partial charge is 0.454 e. The van der Waals surface area contributed by atoms with Gasteiger partial charge < -0.3 is 20.5 Å². The van der Waals surface area contributed by atoms with Crippen molar-refractivity contribution in [3.05, 3.63) is 45.4 Å². The number of nitrogens with two attached hydrogens (primary N) is 1. The molecule has 21 heavy (non-hydrogen) atoms. The standard InChI is InChI=1S/C14H10BrClN2O3/c15-8-2-1-7(3-9(8)16)14(19)18-11-5-13-12(4-10(11)17)20-6-21-13/h1-5H,6,17H2,(H,18,19). The second-order valence-corrected chi connectivity index (χ2v) is 5.64. The number of carbonyl (C=O) groups excluding carboxylic acids is 1. The van der Waals surface area contributed by atoms with Crippen molar-refractivity contribution >= 4 is 44.8 Å². The Balaban J connectivity index is 1.86. The summed E-state index contributed by atoms with van der Waals surface area (Å²) in [6.45, 7) is 0.147. The number of nitrogen functional groups attached to an aromatic ring is 1. The molecule has 2 aromatic carbocycles. The molecule has 3 rings (SSSR count). The molecule has 2 aromatic rings. The monoisotopic (exact) mass is 368 g/mol. The average Bonchev–Trinajstić information content (AvgIpc) is 2.89. The number of nitrogens with one attached hydrogen (secondary N) is 1. The van der Waals surface area contributed by atoms with Gasteiger partial charge >= 0.3 is 0 Å². The Morgan fingerprint density at radius 2 is 1.95 bits per heavy atom. The Hall–Kier alpha value is -1.92. The molecule has 1 amide bonds. The Bertz CT molecular complexity index is 736. The van der Waals surface area contributed by atoms with Crippen molar-refractivity contribution < 1.29 is 14.3 Å². The molecule has 0 aliphatic carbocycles. The minimum Gasteiger partial charge on any atom is -0.454 e. The lowest BCUT2D eigenvalue weighted by molar-refractivity contribution is 0.102. The van der Waals surface area contributed by atoms with Crippen LogP contribution in [0.1, 0.15) is 10.4 Å². The average molecular weight is 370 g/mol. The van der Waals surface area contributed by atoms with E-state index in [1.54, 1.807) is 30.3 Å². The summed E-state index contributed by atoms with van der Waals surface area (Å²) in [4.78, 5) is 12.2. The van der Waals surface area contributed by atoms with E-state index in [0.29, 0.717) is 33.5 Å². The fourth-order valence-electron chi connectivity index (χ4n) is 1.90. The molecule has 1 aliphatic rings. The van der Waals surface area contributed by atoms with Gasteiger partial charge in [-0.2, -0.15) is 0 Å². The molecule has 5 nitrogen and oxygen atoms in total. The van der Waals surface area contributed by atoms with Crippen LogP contribution >= 0.6 is 27.5 Å². The van der Waals surface area contributed by atoms with E-state index in [-0.39, 0.29) is 12.7 Å². The number of fused-ring (bicyclic) bond motifs is 1. The number of ether oxygens (including phenoxy) is 2. The first-order valence-electron chi connectivity index (χ1n) is 6.00. The fraction of sp³-hybridized carbons (Fsp3) is 0.0714. The van der Waals surface area contributed by atoms with Crippen LogP contribution in [0.15, 0.2) is 34.8 Å². The molecule has 0 unspecified atom stereocenters. The van der Waals surface area contributed by atoms with E-state index in [9.17, 15) is 4.79 Å². The van der Waals surface area contributed by atoms with E-state index in [4.69, 9.17) is 26.8 Å². The number of rotatable bonds is 2. The lowest BCUT2D eigenvalue weighted by Gasteiger charge is -2.10. The molecular formula is C14H10BrClN2O3. The van der Waals surface area contributed by atoms with Crippen molar-refractivity contribution in [3.8, 4) is 11.5 Å². The molecule has 0 spiro atoms. The second kappa shape index (κ2) is 5.46. The van der Waals surface area contributed by atoms with E-state index in [1.807, 2.05) is 0 Å². The summed E-state index contributed by atoms with van der Waals surface area (Å²) >= 11 is 9.26. The highest BCUT2D eigenvalue weighted by molar-refractivity contribution is 9.10. The summed E-state index contributed by atoms with van der Waals surface area (Å²) in [5.74, 6) is 0.806. The van der Waals surface area contributed by atoms with E-state index in [1.165, 1.54) is 0 Å². The van der Waals surface area contributed by atoms with E-state index >= 15 is 0 Å². The highest BCUT2D eigenvalue weighted by atomic mass is 79.9. The first-order valence-corrected chi connectivity index (χ1v) is 7.17. The zero-order valence-corrected chi connectivity index (χ0v) is 13.0. The summed E-state index contributed by atoms with van der Waals surface area (Å²) in [5.41, 5.74) is 7.18. The quantitative estimate of drug-likeness (QED) is 0.792. The maximum absolute atomic E-state index is 12.2. The van der Waals surface area contributed by atoms with Crippen LogP contribution in [0.5, 0.6) is 11.5 Å². The third kappa shape index (κ3) is 2.77. The second-order valence-electron chi connectivity index (χ2n) is 4.38. The molecule has 108 valence electrons. The molecule has 1 aliphatic heterocycles. The fourth-order valence-corrected chi connectivity index (χ4v) is 2.32. The SMILES string of the molecule is Nc1cc2c(cc1NC(=O)c1ccc(Br)c(Cl)c1)OCO2. The zero-order valence-electron chi connectivity index (χ0n) is 10.7. The number of amides is 1. The van der Waals surface area contributed by atoms with Crippen molar-refractivity contribution in [1.82, 2.24) is 0 Å². The number of hydrogen-bond acceptors (Lipinski definition) is 4. The number of carbonyl (C=O) groups is 1. The predicted molar refractivity (Wildman–Crippen MR) is 84.1 cm³/mol. The maximum Gasteiger partial charge on any atom is 0.255 e. The third-order valence-electron chi connectivity index (χ3n) is 2.97. The zero-order chi connectivity index (χ0) is 15.0. The van der Waals surface area contributed by atoms with Gasteiger partial charge in [-0.15, -0.1) is 0 Å². The molecule has 3 N–H and O–H groups in total. The topological polar surface area (TPSA) is 73.6 Å². The summed E-state index contributed by atoms with van der Waals surface area (Å²) in [7, 11) is 0. The summed E-state index contributed by atoms with van der Waals surface area (Å²) in [6, 6.07) is 8.20. The maximum atomic E-state index is 12.2. The molecule has 0 saturated heterocycles. The van der Waals surface area contributed by atoms with Gasteiger partial charge in [0.1, 0.15) is 0 Å². The van der Waals surface area contributed by atoms with Crippen LogP contribution in [0.25, 0.3) is 0 Å². The smallest absolute Gasteiger partial charge is 0.255 e. The summed E-state index contributed by atoms with van der Waals surface area (Å²) in [5, 5.41) is 3.19. The van der Waals surface area contributed by atoms with Crippen LogP contribution in [0.3, 0.4) is 0 Å². The highest BCUT2D eigenvalue weighted by Crippen LogP contribution is 2.38. The van der Waals surface area contributed by atoms with Crippen LogP contribution < -0.4 is 20.5 Å². The third-order valence-corrected chi connectivity index (χ3v) is 4.21. The Morgan fingerprint density at radius 3 is 2.67 bits per heavy atom. The lowest BCUT2D eigenvalue weighted by atomic mass is 10.2. The first kappa shape index (κ1) is 14.0. The Kier molecular flexibility index (Phi) is 3.65. The van der Waals surface area contributed by atoms with Gasteiger partial charge in [-0.1, -0.05) is 11.6 Å². The minimum atomic E-state index is -0.310. The molecule has 0 bridgehead atoms. The number of hydrogen-bond donors (Lipinski definition) is 2. The van der Waals surface area contributed by atoms with Gasteiger partial charge in [-0.05, 0) is 34.1 Å². The molecule has 1 heterocycles. The van der Waals surface area contributed by atoms with Crippen LogP contribution in [-0.4, -0.2) is 12.7 Å². The van der Waals surface area contributed by atoms with Crippen LogP contribution in [0.4, 0.5) is 11.4 Å². The molecule has 0 atom stereocenters. The lowest BCUT2D eigenvalue weighted by Crippen LogP contribution is -2.13. The van der Waals surface area contributed by atoms with Gasteiger partial charge in [0.2, 0.25) is 6.79 Å². The molecular weight excluding hydrogens is 360 g/mol. The van der Waals surface area contributed by atoms with Gasteiger partial charge in [0.05, 0.1) is 16.4 Å². The van der Waals surface area contributed by atoms with Crippen molar-refractivity contribution in [3.63, 3.8) is 0 Å². The van der Waals surface area contributed by atoms with Crippen molar-refractivity contribution in [1.29, 1.82) is 0 Å². The first-order chi connectivity index (χ1) is 10.0. The predicted octanol–water partition coefficient (Wildman–Crippen LogP) is 3.67. The normalized spacial score (nSPS) is 12.3. The summed E-state index contributed by atoms with van der Waals surface area (Å²) in [6.07, 6.45) is 0. The van der Waals surface area contributed by atoms with Gasteiger partial charge in [0.15, 0.2) is 11.5 Å². The van der Waals surface area contributed by atoms with Gasteiger partial charge in [0, 0.05) is 22.2 Å².